The molecule has 24 heavy (non-hydrogen) atoms. The highest BCUT2D eigenvalue weighted by Crippen LogP contribution is 2.32. The topological polar surface area (TPSA) is 81.7 Å². The molecule has 0 saturated heterocycles. The van der Waals surface area contributed by atoms with Gasteiger partial charge in [-0.15, -0.1) is 11.3 Å². The van der Waals surface area contributed by atoms with Crippen LogP contribution >= 0.6 is 11.3 Å². The zero-order valence-electron chi connectivity index (χ0n) is 14.2. The molecule has 6 nitrogen and oxygen atoms in total. The summed E-state index contributed by atoms with van der Waals surface area (Å²) in [6.07, 6.45) is 3.31. The van der Waals surface area contributed by atoms with Crippen molar-refractivity contribution in [2.45, 2.75) is 45.1 Å². The molecule has 132 valence electrons. The Balaban J connectivity index is 2.04. The van der Waals surface area contributed by atoms with Gasteiger partial charge in [-0.1, -0.05) is 6.92 Å². The lowest BCUT2D eigenvalue weighted by atomic mass is 9.90. The first kappa shape index (κ1) is 18.4. The molecule has 1 aliphatic carbocycles. The van der Waals surface area contributed by atoms with Crippen molar-refractivity contribution in [2.24, 2.45) is 5.92 Å². The van der Waals surface area contributed by atoms with Gasteiger partial charge in [0.05, 0.1) is 19.1 Å². The van der Waals surface area contributed by atoms with Crippen molar-refractivity contribution in [2.75, 3.05) is 14.2 Å². The molecule has 0 aromatic carbocycles. The number of ether oxygens (including phenoxy) is 2. The Bertz CT molecular complexity index is 624. The van der Waals surface area contributed by atoms with Crippen LogP contribution in [0.1, 0.15) is 46.3 Å². The Kier molecular flexibility index (Phi) is 6.36. The maximum atomic E-state index is 12.5. The average molecular weight is 353 g/mol. The molecule has 2 atom stereocenters. The van der Waals surface area contributed by atoms with Crippen LogP contribution in [0.5, 0.6) is 0 Å². The molecule has 7 heteroatoms. The van der Waals surface area contributed by atoms with E-state index in [1.165, 1.54) is 36.0 Å². The van der Waals surface area contributed by atoms with E-state index >= 15 is 0 Å². The highest BCUT2D eigenvalue weighted by molar-refractivity contribution is 7.14. The average Bonchev–Trinajstić information content (AvgIpc) is 3.00. The standard InChI is InChI=1S/C17H23NO5S/c1-10-4-6-13-11(8-10)9-14(24-13)16(20)18-12(17(21)23-3)5-7-15(19)22-2/h9-10,12H,4-8H2,1-3H3,(H,18,20). The van der Waals surface area contributed by atoms with Gasteiger partial charge in [-0.3, -0.25) is 9.59 Å². The quantitative estimate of drug-likeness (QED) is 0.792. The van der Waals surface area contributed by atoms with Gasteiger partial charge in [0, 0.05) is 11.3 Å². The molecule has 1 aliphatic rings. The van der Waals surface area contributed by atoms with Gasteiger partial charge in [0.2, 0.25) is 0 Å². The van der Waals surface area contributed by atoms with E-state index in [4.69, 9.17) is 4.74 Å². The van der Waals surface area contributed by atoms with E-state index in [1.807, 2.05) is 6.07 Å². The van der Waals surface area contributed by atoms with E-state index in [1.54, 1.807) is 0 Å². The Morgan fingerprint density at radius 1 is 1.33 bits per heavy atom. The molecule has 2 rings (SSSR count). The number of fused-ring (bicyclic) bond motifs is 1. The Hall–Kier alpha value is -1.89. The normalized spacial score (nSPS) is 17.5. The van der Waals surface area contributed by atoms with E-state index in [-0.39, 0.29) is 18.7 Å². The third-order valence-corrected chi connectivity index (χ3v) is 5.44. The second-order valence-electron chi connectivity index (χ2n) is 6.07. The van der Waals surface area contributed by atoms with Gasteiger partial charge in [-0.25, -0.2) is 4.79 Å². The van der Waals surface area contributed by atoms with Gasteiger partial charge in [0.15, 0.2) is 0 Å². The summed E-state index contributed by atoms with van der Waals surface area (Å²) in [6, 6.07) is 1.05. The second-order valence-corrected chi connectivity index (χ2v) is 7.21. The van der Waals surface area contributed by atoms with Crippen molar-refractivity contribution in [3.63, 3.8) is 0 Å². The molecule has 1 aromatic rings. The minimum absolute atomic E-state index is 0.0367. The highest BCUT2D eigenvalue weighted by atomic mass is 32.1. The number of amides is 1. The van der Waals surface area contributed by atoms with Crippen LogP contribution in [0, 0.1) is 5.92 Å². The van der Waals surface area contributed by atoms with Crippen LogP contribution in [-0.2, 0) is 31.9 Å². The number of carbonyl (C=O) groups is 3. The number of aryl methyl sites for hydroxylation is 1. The summed E-state index contributed by atoms with van der Waals surface area (Å²) >= 11 is 1.48. The fourth-order valence-corrected chi connectivity index (χ4v) is 3.91. The van der Waals surface area contributed by atoms with Gasteiger partial charge in [-0.05, 0) is 43.2 Å². The molecule has 1 amide bonds. The molecule has 0 aliphatic heterocycles. The number of hydrogen-bond acceptors (Lipinski definition) is 6. The minimum atomic E-state index is -0.861. The second kappa shape index (κ2) is 8.28. The van der Waals surface area contributed by atoms with Crippen LogP contribution in [0.4, 0.5) is 0 Å². The molecule has 1 heterocycles. The summed E-state index contributed by atoms with van der Waals surface area (Å²) in [4.78, 5) is 37.4. The fraction of sp³-hybridized carbons (Fsp3) is 0.588. The SMILES string of the molecule is COC(=O)CCC(NC(=O)c1cc2c(s1)CCC(C)C2)C(=O)OC. The third-order valence-electron chi connectivity index (χ3n) is 4.21. The third kappa shape index (κ3) is 4.56. The summed E-state index contributed by atoms with van der Waals surface area (Å²) in [5, 5.41) is 2.67. The predicted octanol–water partition coefficient (Wildman–Crippen LogP) is 2.10. The summed E-state index contributed by atoms with van der Waals surface area (Å²) in [7, 11) is 2.54. The summed E-state index contributed by atoms with van der Waals surface area (Å²) in [5.41, 5.74) is 1.23. The van der Waals surface area contributed by atoms with Crippen LogP contribution < -0.4 is 5.32 Å². The molecule has 0 spiro atoms. The highest BCUT2D eigenvalue weighted by Gasteiger charge is 2.26. The molecule has 1 N–H and O–H groups in total. The summed E-state index contributed by atoms with van der Waals surface area (Å²) < 4.78 is 9.28. The van der Waals surface area contributed by atoms with E-state index in [0.717, 1.165) is 19.3 Å². The van der Waals surface area contributed by atoms with Crippen molar-refractivity contribution < 1.29 is 23.9 Å². The van der Waals surface area contributed by atoms with Gasteiger partial charge in [0.25, 0.3) is 5.91 Å². The molecule has 0 saturated carbocycles. The monoisotopic (exact) mass is 353 g/mol. The predicted molar refractivity (Wildman–Crippen MR) is 90.0 cm³/mol. The largest absolute Gasteiger partial charge is 0.469 e. The van der Waals surface area contributed by atoms with Crippen molar-refractivity contribution in [3.05, 3.63) is 21.4 Å². The number of hydrogen-bond donors (Lipinski definition) is 1. The van der Waals surface area contributed by atoms with Gasteiger partial charge < -0.3 is 14.8 Å². The zero-order chi connectivity index (χ0) is 17.7. The first-order valence-corrected chi connectivity index (χ1v) is 8.83. The maximum absolute atomic E-state index is 12.5. The Morgan fingerprint density at radius 3 is 2.75 bits per heavy atom. The number of carbonyl (C=O) groups excluding carboxylic acids is 3. The van der Waals surface area contributed by atoms with Gasteiger partial charge in [0.1, 0.15) is 6.04 Å². The van der Waals surface area contributed by atoms with Crippen LogP contribution in [0.25, 0.3) is 0 Å². The number of rotatable bonds is 6. The lowest BCUT2D eigenvalue weighted by Gasteiger charge is -2.16. The molecular formula is C17H23NO5S. The first-order chi connectivity index (χ1) is 11.4. The minimum Gasteiger partial charge on any atom is -0.469 e. The number of nitrogens with one attached hydrogen (secondary N) is 1. The molecular weight excluding hydrogens is 330 g/mol. The molecule has 0 radical (unpaired) electrons. The Labute approximate surface area is 145 Å². The lowest BCUT2D eigenvalue weighted by molar-refractivity contribution is -0.144. The van der Waals surface area contributed by atoms with E-state index < -0.39 is 18.0 Å². The maximum Gasteiger partial charge on any atom is 0.328 e. The fourth-order valence-electron chi connectivity index (χ4n) is 2.80. The number of thiophene rings is 1. The summed E-state index contributed by atoms with van der Waals surface area (Å²) in [6.45, 7) is 2.21. The van der Waals surface area contributed by atoms with Crippen molar-refractivity contribution >= 4 is 29.2 Å². The molecule has 2 unspecified atom stereocenters. The van der Waals surface area contributed by atoms with Crippen molar-refractivity contribution in [1.82, 2.24) is 5.32 Å². The summed E-state index contributed by atoms with van der Waals surface area (Å²) in [5.74, 6) is -0.672. The van der Waals surface area contributed by atoms with Gasteiger partial charge >= 0.3 is 11.9 Å². The molecule has 0 fully saturated rings. The number of methoxy groups -OCH3 is 2. The smallest absolute Gasteiger partial charge is 0.328 e. The Morgan fingerprint density at radius 2 is 2.08 bits per heavy atom. The van der Waals surface area contributed by atoms with E-state index in [9.17, 15) is 14.4 Å². The zero-order valence-corrected chi connectivity index (χ0v) is 15.0. The van der Waals surface area contributed by atoms with E-state index in [0.29, 0.717) is 10.8 Å². The molecule has 1 aromatic heterocycles. The lowest BCUT2D eigenvalue weighted by Crippen LogP contribution is -2.41. The van der Waals surface area contributed by atoms with Crippen LogP contribution in [-0.4, -0.2) is 38.1 Å². The van der Waals surface area contributed by atoms with Crippen LogP contribution in [0.2, 0.25) is 0 Å². The number of esters is 2. The van der Waals surface area contributed by atoms with Crippen LogP contribution in [0.15, 0.2) is 6.07 Å². The van der Waals surface area contributed by atoms with Gasteiger partial charge in [-0.2, -0.15) is 0 Å². The van der Waals surface area contributed by atoms with Crippen molar-refractivity contribution in [3.8, 4) is 0 Å². The van der Waals surface area contributed by atoms with E-state index in [2.05, 4.69) is 17.0 Å². The van der Waals surface area contributed by atoms with Crippen molar-refractivity contribution in [1.29, 1.82) is 0 Å². The first-order valence-electron chi connectivity index (χ1n) is 8.01. The van der Waals surface area contributed by atoms with Crippen LogP contribution in [0.3, 0.4) is 0 Å². The molecule has 0 bridgehead atoms.